The van der Waals surface area contributed by atoms with Crippen LogP contribution >= 0.6 is 0 Å². The number of esters is 1. The Bertz CT molecular complexity index is 544. The van der Waals surface area contributed by atoms with Gasteiger partial charge in [0.05, 0.1) is 18.5 Å². The molecule has 1 aliphatic rings. The molecule has 7 heteroatoms. The van der Waals surface area contributed by atoms with Crippen molar-refractivity contribution in [3.05, 3.63) is 17.5 Å². The number of carbonyl (C=O) groups is 2. The van der Waals surface area contributed by atoms with Crippen LogP contribution in [0.3, 0.4) is 0 Å². The second-order valence-electron chi connectivity index (χ2n) is 6.00. The highest BCUT2D eigenvalue weighted by atomic mass is 16.5. The predicted octanol–water partition coefficient (Wildman–Crippen LogP) is 2.11. The minimum atomic E-state index is -0.370. The van der Waals surface area contributed by atoms with Crippen LogP contribution in [-0.4, -0.2) is 59.9 Å². The molecule has 0 saturated carbocycles. The zero-order valence-electron chi connectivity index (χ0n) is 14.5. The van der Waals surface area contributed by atoms with Crippen molar-refractivity contribution in [2.45, 2.75) is 45.4 Å². The van der Waals surface area contributed by atoms with Gasteiger partial charge in [-0.2, -0.15) is 5.10 Å². The Balaban J connectivity index is 1.84. The highest BCUT2D eigenvalue weighted by molar-refractivity contribution is 5.90. The summed E-state index contributed by atoms with van der Waals surface area (Å²) >= 11 is 0. The average Bonchev–Trinajstić information content (AvgIpc) is 3.23. The Morgan fingerprint density at radius 1 is 1.38 bits per heavy atom. The average molecular weight is 337 g/mol. The van der Waals surface area contributed by atoms with Gasteiger partial charge < -0.3 is 14.4 Å². The number of amides is 1. The van der Waals surface area contributed by atoms with E-state index in [2.05, 4.69) is 17.1 Å². The SMILES string of the molecule is CCCCCOCC(=O)N1CCC(c2[nH]ncc2C(=O)OCC)C1. The molecule has 1 aromatic rings. The lowest BCUT2D eigenvalue weighted by atomic mass is 10.0. The smallest absolute Gasteiger partial charge is 0.341 e. The molecular formula is C17H27N3O4. The highest BCUT2D eigenvalue weighted by Gasteiger charge is 2.31. The molecule has 1 aliphatic heterocycles. The summed E-state index contributed by atoms with van der Waals surface area (Å²) in [6, 6.07) is 0. The predicted molar refractivity (Wildman–Crippen MR) is 88.8 cm³/mol. The molecule has 0 spiro atoms. The van der Waals surface area contributed by atoms with E-state index in [0.29, 0.717) is 31.9 Å². The van der Waals surface area contributed by atoms with E-state index < -0.39 is 0 Å². The molecule has 7 nitrogen and oxygen atoms in total. The van der Waals surface area contributed by atoms with Crippen LogP contribution in [0.15, 0.2) is 6.20 Å². The lowest BCUT2D eigenvalue weighted by molar-refractivity contribution is -0.135. The molecule has 1 aromatic heterocycles. The summed E-state index contributed by atoms with van der Waals surface area (Å²) < 4.78 is 10.5. The van der Waals surface area contributed by atoms with Crippen molar-refractivity contribution in [2.75, 3.05) is 32.9 Å². The Hall–Kier alpha value is -1.89. The largest absolute Gasteiger partial charge is 0.462 e. The Kier molecular flexibility index (Phi) is 7.24. The Morgan fingerprint density at radius 2 is 2.21 bits per heavy atom. The number of aromatic amines is 1. The number of nitrogens with zero attached hydrogens (tertiary/aromatic N) is 2. The number of nitrogens with one attached hydrogen (secondary N) is 1. The molecular weight excluding hydrogens is 310 g/mol. The van der Waals surface area contributed by atoms with Crippen LogP contribution in [0.5, 0.6) is 0 Å². The lowest BCUT2D eigenvalue weighted by Gasteiger charge is -2.16. The summed E-state index contributed by atoms with van der Waals surface area (Å²) in [4.78, 5) is 25.9. The summed E-state index contributed by atoms with van der Waals surface area (Å²) in [5.41, 5.74) is 1.22. The van der Waals surface area contributed by atoms with Crippen molar-refractivity contribution in [1.82, 2.24) is 15.1 Å². The van der Waals surface area contributed by atoms with Gasteiger partial charge in [0.25, 0.3) is 0 Å². The zero-order valence-corrected chi connectivity index (χ0v) is 14.5. The molecule has 1 saturated heterocycles. The maximum Gasteiger partial charge on any atom is 0.341 e. The van der Waals surface area contributed by atoms with Gasteiger partial charge in [0.1, 0.15) is 12.2 Å². The van der Waals surface area contributed by atoms with Crippen LogP contribution in [-0.2, 0) is 14.3 Å². The van der Waals surface area contributed by atoms with Gasteiger partial charge in [-0.05, 0) is 19.8 Å². The lowest BCUT2D eigenvalue weighted by Crippen LogP contribution is -2.32. The number of H-pyrrole nitrogens is 1. The molecule has 1 fully saturated rings. The van der Waals surface area contributed by atoms with E-state index in [9.17, 15) is 9.59 Å². The first kappa shape index (κ1) is 18.4. The van der Waals surface area contributed by atoms with Crippen LogP contribution < -0.4 is 0 Å². The van der Waals surface area contributed by atoms with Gasteiger partial charge in [-0.1, -0.05) is 19.8 Å². The monoisotopic (exact) mass is 337 g/mol. The van der Waals surface area contributed by atoms with Crippen molar-refractivity contribution in [3.63, 3.8) is 0 Å². The summed E-state index contributed by atoms with van der Waals surface area (Å²) in [5.74, 6) is -0.285. The molecule has 24 heavy (non-hydrogen) atoms. The van der Waals surface area contributed by atoms with Crippen LogP contribution in [0.1, 0.15) is 61.5 Å². The van der Waals surface area contributed by atoms with E-state index in [0.717, 1.165) is 31.4 Å². The van der Waals surface area contributed by atoms with Crippen LogP contribution in [0.2, 0.25) is 0 Å². The zero-order chi connectivity index (χ0) is 17.4. The third kappa shape index (κ3) is 4.80. The van der Waals surface area contributed by atoms with Crippen LogP contribution in [0, 0.1) is 0 Å². The first-order valence-electron chi connectivity index (χ1n) is 8.73. The quantitative estimate of drug-likeness (QED) is 0.551. The van der Waals surface area contributed by atoms with Crippen molar-refractivity contribution in [3.8, 4) is 0 Å². The van der Waals surface area contributed by atoms with E-state index >= 15 is 0 Å². The second kappa shape index (κ2) is 9.42. The normalized spacial score (nSPS) is 17.2. The Labute approximate surface area is 142 Å². The fraction of sp³-hybridized carbons (Fsp3) is 0.706. The number of likely N-dealkylation sites (tertiary alicyclic amines) is 1. The standard InChI is InChI=1S/C17H27N3O4/c1-3-5-6-9-23-12-15(21)20-8-7-13(11-20)16-14(10-18-19-16)17(22)24-4-2/h10,13H,3-9,11-12H2,1-2H3,(H,18,19). The molecule has 2 heterocycles. The second-order valence-corrected chi connectivity index (χ2v) is 6.00. The highest BCUT2D eigenvalue weighted by Crippen LogP contribution is 2.28. The number of aromatic nitrogens is 2. The minimum Gasteiger partial charge on any atom is -0.462 e. The molecule has 1 amide bonds. The molecule has 0 radical (unpaired) electrons. The van der Waals surface area contributed by atoms with Gasteiger partial charge in [-0.25, -0.2) is 4.79 Å². The van der Waals surface area contributed by atoms with Crippen LogP contribution in [0.4, 0.5) is 0 Å². The van der Waals surface area contributed by atoms with Crippen molar-refractivity contribution in [1.29, 1.82) is 0 Å². The van der Waals surface area contributed by atoms with E-state index in [4.69, 9.17) is 9.47 Å². The van der Waals surface area contributed by atoms with Crippen molar-refractivity contribution in [2.24, 2.45) is 0 Å². The molecule has 2 rings (SSSR count). The summed E-state index contributed by atoms with van der Waals surface area (Å²) in [6.07, 6.45) is 5.54. The summed E-state index contributed by atoms with van der Waals surface area (Å²) in [5, 5.41) is 6.86. The number of ether oxygens (including phenoxy) is 2. The third-order valence-electron chi connectivity index (χ3n) is 4.23. The molecule has 1 atom stereocenters. The van der Waals surface area contributed by atoms with Crippen molar-refractivity contribution < 1.29 is 19.1 Å². The molecule has 0 aromatic carbocycles. The van der Waals surface area contributed by atoms with Gasteiger partial charge in [0.15, 0.2) is 0 Å². The number of unbranched alkanes of at least 4 members (excludes halogenated alkanes) is 2. The first-order valence-corrected chi connectivity index (χ1v) is 8.73. The van der Waals surface area contributed by atoms with Gasteiger partial charge in [0, 0.05) is 25.6 Å². The van der Waals surface area contributed by atoms with E-state index in [1.165, 1.54) is 6.20 Å². The van der Waals surface area contributed by atoms with Crippen LogP contribution in [0.25, 0.3) is 0 Å². The van der Waals surface area contributed by atoms with E-state index in [1.807, 2.05) is 0 Å². The maximum absolute atomic E-state index is 12.2. The number of rotatable bonds is 9. The first-order chi connectivity index (χ1) is 11.7. The van der Waals surface area contributed by atoms with Gasteiger partial charge in [-0.3, -0.25) is 9.89 Å². The molecule has 1 N–H and O–H groups in total. The minimum absolute atomic E-state index is 0.00574. The van der Waals surface area contributed by atoms with Gasteiger partial charge in [-0.15, -0.1) is 0 Å². The Morgan fingerprint density at radius 3 is 2.96 bits per heavy atom. The number of carbonyl (C=O) groups excluding carboxylic acids is 2. The van der Waals surface area contributed by atoms with E-state index in [1.54, 1.807) is 11.8 Å². The van der Waals surface area contributed by atoms with Gasteiger partial charge >= 0.3 is 5.97 Å². The third-order valence-corrected chi connectivity index (χ3v) is 4.23. The molecule has 1 unspecified atom stereocenters. The fourth-order valence-corrected chi connectivity index (χ4v) is 2.91. The molecule has 0 aliphatic carbocycles. The van der Waals surface area contributed by atoms with E-state index in [-0.39, 0.29) is 24.4 Å². The molecule has 134 valence electrons. The summed E-state index contributed by atoms with van der Waals surface area (Å²) in [6.45, 7) is 6.24. The van der Waals surface area contributed by atoms with Gasteiger partial charge in [0.2, 0.25) is 5.91 Å². The maximum atomic E-state index is 12.2. The molecule has 0 bridgehead atoms. The van der Waals surface area contributed by atoms with Crippen molar-refractivity contribution >= 4 is 11.9 Å². The topological polar surface area (TPSA) is 84.5 Å². The fourth-order valence-electron chi connectivity index (χ4n) is 2.91. The number of hydrogen-bond donors (Lipinski definition) is 1. The summed E-state index contributed by atoms with van der Waals surface area (Å²) in [7, 11) is 0. The number of hydrogen-bond acceptors (Lipinski definition) is 5.